The summed E-state index contributed by atoms with van der Waals surface area (Å²) in [5.41, 5.74) is 0. The Morgan fingerprint density at radius 2 is 2.39 bits per heavy atom. The molecule has 0 unspecified atom stereocenters. The molecule has 0 radical (unpaired) electrons. The van der Waals surface area contributed by atoms with E-state index in [1.807, 2.05) is 6.92 Å². The molecule has 122 valence electrons. The van der Waals surface area contributed by atoms with Crippen molar-refractivity contribution in [3.63, 3.8) is 0 Å². The Hall–Kier alpha value is -1.99. The second-order valence-electron chi connectivity index (χ2n) is 5.44. The monoisotopic (exact) mass is 335 g/mol. The summed E-state index contributed by atoms with van der Waals surface area (Å²) < 4.78 is 5.18. The number of pyridine rings is 1. The molecule has 0 aliphatic carbocycles. The Bertz CT molecular complexity index is 673. The number of likely N-dealkylation sites (tertiary alicyclic amines) is 1. The first-order valence-electron chi connectivity index (χ1n) is 7.63. The van der Waals surface area contributed by atoms with Crippen molar-refractivity contribution in [3.05, 3.63) is 35.1 Å². The van der Waals surface area contributed by atoms with Crippen molar-refractivity contribution in [3.8, 4) is 0 Å². The molecule has 3 rings (SSSR count). The number of nitrogens with zero attached hydrogens (tertiary/aromatic N) is 4. The van der Waals surface area contributed by atoms with Gasteiger partial charge in [0.1, 0.15) is 5.82 Å². The van der Waals surface area contributed by atoms with E-state index in [1.54, 1.807) is 12.1 Å². The van der Waals surface area contributed by atoms with Gasteiger partial charge in [0.05, 0.1) is 17.6 Å². The van der Waals surface area contributed by atoms with Crippen LogP contribution in [0.4, 0.5) is 5.82 Å². The fourth-order valence-electron chi connectivity index (χ4n) is 2.67. The van der Waals surface area contributed by atoms with E-state index in [0.29, 0.717) is 29.0 Å². The maximum absolute atomic E-state index is 12.2. The van der Waals surface area contributed by atoms with Crippen LogP contribution in [0.5, 0.6) is 0 Å². The van der Waals surface area contributed by atoms with Crippen LogP contribution in [-0.4, -0.2) is 39.0 Å². The maximum atomic E-state index is 12.2. The van der Waals surface area contributed by atoms with Gasteiger partial charge in [0.15, 0.2) is 5.82 Å². The fraction of sp³-hybridized carbons (Fsp3) is 0.467. The number of hydrogen-bond donors (Lipinski definition) is 1. The van der Waals surface area contributed by atoms with E-state index in [-0.39, 0.29) is 18.5 Å². The molecule has 1 fully saturated rings. The Balaban J connectivity index is 1.61. The maximum Gasteiger partial charge on any atom is 0.239 e. The molecule has 1 amide bonds. The molecular formula is C15H18ClN5O2. The van der Waals surface area contributed by atoms with Crippen molar-refractivity contribution in [1.82, 2.24) is 20.0 Å². The van der Waals surface area contributed by atoms with Crippen molar-refractivity contribution >= 4 is 23.3 Å². The van der Waals surface area contributed by atoms with E-state index in [1.165, 1.54) is 6.20 Å². The molecular weight excluding hydrogens is 318 g/mol. The molecule has 0 spiro atoms. The van der Waals surface area contributed by atoms with Crippen molar-refractivity contribution in [2.24, 2.45) is 0 Å². The quantitative estimate of drug-likeness (QED) is 0.903. The lowest BCUT2D eigenvalue weighted by Crippen LogP contribution is -2.33. The van der Waals surface area contributed by atoms with Gasteiger partial charge >= 0.3 is 0 Å². The van der Waals surface area contributed by atoms with Crippen LogP contribution in [0.1, 0.15) is 37.5 Å². The van der Waals surface area contributed by atoms with Crippen LogP contribution in [0.2, 0.25) is 5.02 Å². The Morgan fingerprint density at radius 1 is 1.52 bits per heavy atom. The van der Waals surface area contributed by atoms with Gasteiger partial charge in [-0.3, -0.25) is 9.69 Å². The zero-order valence-corrected chi connectivity index (χ0v) is 13.6. The summed E-state index contributed by atoms with van der Waals surface area (Å²) in [5, 5.41) is 7.34. The largest absolute Gasteiger partial charge is 0.339 e. The van der Waals surface area contributed by atoms with Crippen LogP contribution < -0.4 is 5.32 Å². The standard InChI is InChI=1S/C15H18ClN5O2/c1-2-14-19-15(20-23-14)11-4-3-7-21(11)9-13(22)18-12-6-5-10(16)8-17-12/h5-6,8,11H,2-4,7,9H2,1H3,(H,17,18,22)/t11-/m1/s1. The van der Waals surface area contributed by atoms with Crippen molar-refractivity contribution in [2.75, 3.05) is 18.4 Å². The highest BCUT2D eigenvalue weighted by atomic mass is 35.5. The van der Waals surface area contributed by atoms with E-state index in [2.05, 4.69) is 25.3 Å². The summed E-state index contributed by atoms with van der Waals surface area (Å²) in [5.74, 6) is 1.66. The van der Waals surface area contributed by atoms with E-state index in [9.17, 15) is 4.79 Å². The number of hydrogen-bond acceptors (Lipinski definition) is 6. The molecule has 1 N–H and O–H groups in total. The van der Waals surface area contributed by atoms with Crippen LogP contribution in [0.15, 0.2) is 22.9 Å². The van der Waals surface area contributed by atoms with Gasteiger partial charge < -0.3 is 9.84 Å². The van der Waals surface area contributed by atoms with Crippen LogP contribution >= 0.6 is 11.6 Å². The summed E-state index contributed by atoms with van der Waals surface area (Å²) in [6, 6.07) is 3.39. The van der Waals surface area contributed by atoms with Gasteiger partial charge in [0, 0.05) is 12.6 Å². The van der Waals surface area contributed by atoms with Crippen LogP contribution in [0.3, 0.4) is 0 Å². The minimum absolute atomic E-state index is 0.0305. The number of amides is 1. The molecule has 2 aromatic rings. The molecule has 7 nitrogen and oxygen atoms in total. The second kappa shape index (κ2) is 7.06. The molecule has 23 heavy (non-hydrogen) atoms. The summed E-state index contributed by atoms with van der Waals surface area (Å²) in [7, 11) is 0. The molecule has 0 saturated carbocycles. The fourth-order valence-corrected chi connectivity index (χ4v) is 2.78. The predicted molar refractivity (Wildman–Crippen MR) is 85.1 cm³/mol. The van der Waals surface area contributed by atoms with E-state index in [0.717, 1.165) is 19.4 Å². The van der Waals surface area contributed by atoms with Gasteiger partial charge in [-0.1, -0.05) is 23.7 Å². The van der Waals surface area contributed by atoms with Crippen molar-refractivity contribution in [2.45, 2.75) is 32.2 Å². The molecule has 3 heterocycles. The number of aromatic nitrogens is 3. The van der Waals surface area contributed by atoms with E-state index in [4.69, 9.17) is 16.1 Å². The molecule has 2 aromatic heterocycles. The number of rotatable bonds is 5. The first-order chi connectivity index (χ1) is 11.2. The van der Waals surface area contributed by atoms with Gasteiger partial charge in [-0.05, 0) is 31.5 Å². The lowest BCUT2D eigenvalue weighted by Gasteiger charge is -2.20. The molecule has 1 atom stereocenters. The van der Waals surface area contributed by atoms with Gasteiger partial charge in [-0.25, -0.2) is 4.98 Å². The van der Waals surface area contributed by atoms with E-state index >= 15 is 0 Å². The average molecular weight is 336 g/mol. The zero-order valence-electron chi connectivity index (χ0n) is 12.8. The van der Waals surface area contributed by atoms with Gasteiger partial charge in [-0.15, -0.1) is 0 Å². The average Bonchev–Trinajstić information content (AvgIpc) is 3.18. The Kier molecular flexibility index (Phi) is 4.88. The number of nitrogens with one attached hydrogen (secondary N) is 1. The number of carbonyl (C=O) groups is 1. The van der Waals surface area contributed by atoms with Crippen LogP contribution in [0.25, 0.3) is 0 Å². The topological polar surface area (TPSA) is 84.2 Å². The molecule has 0 bridgehead atoms. The minimum atomic E-state index is -0.120. The molecule has 1 aliphatic rings. The Labute approximate surface area is 139 Å². The summed E-state index contributed by atoms with van der Waals surface area (Å²) in [6.45, 7) is 3.07. The predicted octanol–water partition coefficient (Wildman–Crippen LogP) is 2.46. The molecule has 1 saturated heterocycles. The third-order valence-corrected chi connectivity index (χ3v) is 4.01. The SMILES string of the molecule is CCc1nc([C@H]2CCCN2CC(=O)Nc2ccc(Cl)cn2)no1. The summed E-state index contributed by atoms with van der Waals surface area (Å²) in [6.07, 6.45) is 4.15. The molecule has 1 aliphatic heterocycles. The highest BCUT2D eigenvalue weighted by Crippen LogP contribution is 2.29. The number of halogens is 1. The van der Waals surface area contributed by atoms with Crippen LogP contribution in [0, 0.1) is 0 Å². The lowest BCUT2D eigenvalue weighted by atomic mass is 10.2. The number of carbonyl (C=O) groups excluding carboxylic acids is 1. The third kappa shape index (κ3) is 3.86. The molecule has 8 heteroatoms. The highest BCUT2D eigenvalue weighted by Gasteiger charge is 2.31. The minimum Gasteiger partial charge on any atom is -0.339 e. The highest BCUT2D eigenvalue weighted by molar-refractivity contribution is 6.30. The van der Waals surface area contributed by atoms with Crippen molar-refractivity contribution < 1.29 is 9.32 Å². The normalized spacial score (nSPS) is 18.3. The lowest BCUT2D eigenvalue weighted by molar-refractivity contribution is -0.117. The summed E-state index contributed by atoms with van der Waals surface area (Å²) >= 11 is 5.78. The Morgan fingerprint density at radius 3 is 3.09 bits per heavy atom. The first kappa shape index (κ1) is 15.9. The first-order valence-corrected chi connectivity index (χ1v) is 8.01. The zero-order chi connectivity index (χ0) is 16.2. The van der Waals surface area contributed by atoms with Crippen LogP contribution in [-0.2, 0) is 11.2 Å². The smallest absolute Gasteiger partial charge is 0.239 e. The van der Waals surface area contributed by atoms with Gasteiger partial charge in [-0.2, -0.15) is 4.98 Å². The van der Waals surface area contributed by atoms with E-state index < -0.39 is 0 Å². The van der Waals surface area contributed by atoms with Gasteiger partial charge in [0.2, 0.25) is 11.8 Å². The third-order valence-electron chi connectivity index (χ3n) is 3.79. The molecule has 0 aromatic carbocycles. The summed E-state index contributed by atoms with van der Waals surface area (Å²) in [4.78, 5) is 22.7. The number of anilines is 1. The van der Waals surface area contributed by atoms with Gasteiger partial charge in [0.25, 0.3) is 0 Å². The second-order valence-corrected chi connectivity index (χ2v) is 5.87. The van der Waals surface area contributed by atoms with Crippen molar-refractivity contribution in [1.29, 1.82) is 0 Å². The number of aryl methyl sites for hydroxylation is 1.